The summed E-state index contributed by atoms with van der Waals surface area (Å²) in [6.45, 7) is 7.08. The van der Waals surface area contributed by atoms with Gasteiger partial charge in [-0.1, -0.05) is 6.92 Å². The summed E-state index contributed by atoms with van der Waals surface area (Å²) in [5.74, 6) is 0.272. The van der Waals surface area contributed by atoms with E-state index in [1.807, 2.05) is 6.92 Å². The van der Waals surface area contributed by atoms with E-state index in [-0.39, 0.29) is 17.5 Å². The standard InChI is InChI=1S/C14H19N3O3/c1-8-5-13(17(19)20)9(2)4-12(8)16-14(18)10(3)11-6-15-7-11/h4-5,10-11,15H,6-7H2,1-3H3,(H,16,18). The van der Waals surface area contributed by atoms with Crippen LogP contribution in [0.2, 0.25) is 0 Å². The lowest BCUT2D eigenvalue weighted by Crippen LogP contribution is -2.48. The van der Waals surface area contributed by atoms with Crippen LogP contribution in [0, 0.1) is 35.8 Å². The van der Waals surface area contributed by atoms with Crippen molar-refractivity contribution in [3.63, 3.8) is 0 Å². The van der Waals surface area contributed by atoms with Crippen LogP contribution >= 0.6 is 0 Å². The van der Waals surface area contributed by atoms with Crippen LogP contribution in [-0.2, 0) is 4.79 Å². The molecule has 0 saturated carbocycles. The molecule has 1 fully saturated rings. The van der Waals surface area contributed by atoms with E-state index in [1.54, 1.807) is 19.9 Å². The van der Waals surface area contributed by atoms with Crippen molar-refractivity contribution in [1.29, 1.82) is 0 Å². The van der Waals surface area contributed by atoms with Gasteiger partial charge < -0.3 is 10.6 Å². The molecule has 20 heavy (non-hydrogen) atoms. The minimum absolute atomic E-state index is 0.0344. The highest BCUT2D eigenvalue weighted by Gasteiger charge is 2.29. The largest absolute Gasteiger partial charge is 0.326 e. The lowest BCUT2D eigenvalue weighted by atomic mass is 9.88. The van der Waals surface area contributed by atoms with Crippen molar-refractivity contribution in [1.82, 2.24) is 5.32 Å². The number of benzene rings is 1. The molecular weight excluding hydrogens is 258 g/mol. The van der Waals surface area contributed by atoms with Crippen LogP contribution in [0.3, 0.4) is 0 Å². The van der Waals surface area contributed by atoms with E-state index in [4.69, 9.17) is 0 Å². The number of nitrogens with one attached hydrogen (secondary N) is 2. The van der Waals surface area contributed by atoms with Gasteiger partial charge in [0.25, 0.3) is 5.69 Å². The van der Waals surface area contributed by atoms with Crippen LogP contribution in [0.1, 0.15) is 18.1 Å². The number of nitrogens with zero attached hydrogens (tertiary/aromatic N) is 1. The minimum atomic E-state index is -0.406. The average molecular weight is 277 g/mol. The van der Waals surface area contributed by atoms with Gasteiger partial charge >= 0.3 is 0 Å². The number of aryl methyl sites for hydroxylation is 2. The fourth-order valence-electron chi connectivity index (χ4n) is 2.26. The van der Waals surface area contributed by atoms with Crippen LogP contribution in [-0.4, -0.2) is 23.9 Å². The second-order valence-corrected chi connectivity index (χ2v) is 5.41. The molecule has 6 nitrogen and oxygen atoms in total. The minimum Gasteiger partial charge on any atom is -0.326 e. The highest BCUT2D eigenvalue weighted by molar-refractivity contribution is 5.93. The van der Waals surface area contributed by atoms with Crippen LogP contribution < -0.4 is 10.6 Å². The molecule has 1 amide bonds. The van der Waals surface area contributed by atoms with Gasteiger partial charge in [-0.25, -0.2) is 0 Å². The molecule has 1 aromatic rings. The molecule has 1 unspecified atom stereocenters. The molecule has 2 rings (SSSR count). The maximum atomic E-state index is 12.2. The lowest BCUT2D eigenvalue weighted by molar-refractivity contribution is -0.385. The van der Waals surface area contributed by atoms with Gasteiger partial charge in [0.15, 0.2) is 0 Å². The first-order valence-corrected chi connectivity index (χ1v) is 6.67. The van der Waals surface area contributed by atoms with Gasteiger partial charge in [0.2, 0.25) is 5.91 Å². The maximum absolute atomic E-state index is 12.2. The lowest BCUT2D eigenvalue weighted by Gasteiger charge is -2.31. The molecule has 108 valence electrons. The third-order valence-corrected chi connectivity index (χ3v) is 3.93. The van der Waals surface area contributed by atoms with Crippen molar-refractivity contribution in [2.75, 3.05) is 18.4 Å². The normalized spacial score (nSPS) is 16.4. The van der Waals surface area contributed by atoms with Crippen molar-refractivity contribution in [3.8, 4) is 0 Å². The third kappa shape index (κ3) is 2.80. The summed E-state index contributed by atoms with van der Waals surface area (Å²) in [6, 6.07) is 3.16. The van der Waals surface area contributed by atoms with E-state index in [1.165, 1.54) is 6.07 Å². The Kier molecular flexibility index (Phi) is 4.04. The molecule has 1 heterocycles. The van der Waals surface area contributed by atoms with Gasteiger partial charge in [-0.2, -0.15) is 0 Å². The summed E-state index contributed by atoms with van der Waals surface area (Å²) < 4.78 is 0. The molecular formula is C14H19N3O3. The Morgan fingerprint density at radius 2 is 2.05 bits per heavy atom. The zero-order chi connectivity index (χ0) is 14.9. The van der Waals surface area contributed by atoms with Gasteiger partial charge in [0, 0.05) is 23.2 Å². The second-order valence-electron chi connectivity index (χ2n) is 5.41. The zero-order valence-corrected chi connectivity index (χ0v) is 11.9. The summed E-state index contributed by atoms with van der Waals surface area (Å²) in [4.78, 5) is 22.6. The van der Waals surface area contributed by atoms with Crippen molar-refractivity contribution in [2.45, 2.75) is 20.8 Å². The van der Waals surface area contributed by atoms with Gasteiger partial charge in [0.1, 0.15) is 0 Å². The van der Waals surface area contributed by atoms with Gasteiger partial charge in [-0.05, 0) is 44.5 Å². The quantitative estimate of drug-likeness (QED) is 0.651. The van der Waals surface area contributed by atoms with Gasteiger partial charge in [0.05, 0.1) is 4.92 Å². The van der Waals surface area contributed by atoms with E-state index >= 15 is 0 Å². The summed E-state index contributed by atoms with van der Waals surface area (Å²) >= 11 is 0. The highest BCUT2D eigenvalue weighted by atomic mass is 16.6. The number of hydrogen-bond acceptors (Lipinski definition) is 4. The Morgan fingerprint density at radius 1 is 1.40 bits per heavy atom. The first kappa shape index (κ1) is 14.5. The van der Waals surface area contributed by atoms with Crippen molar-refractivity contribution in [3.05, 3.63) is 33.4 Å². The highest BCUT2D eigenvalue weighted by Crippen LogP contribution is 2.27. The molecule has 0 aromatic heterocycles. The Hall–Kier alpha value is -1.95. The fourth-order valence-corrected chi connectivity index (χ4v) is 2.26. The van der Waals surface area contributed by atoms with Crippen molar-refractivity contribution >= 4 is 17.3 Å². The fraction of sp³-hybridized carbons (Fsp3) is 0.500. The molecule has 1 atom stereocenters. The molecule has 0 spiro atoms. The number of anilines is 1. The topological polar surface area (TPSA) is 84.3 Å². The average Bonchev–Trinajstić information content (AvgIpc) is 2.30. The van der Waals surface area contributed by atoms with Crippen LogP contribution in [0.4, 0.5) is 11.4 Å². The third-order valence-electron chi connectivity index (χ3n) is 3.93. The smallest absolute Gasteiger partial charge is 0.272 e. The number of carbonyl (C=O) groups excluding carboxylic acids is 1. The number of rotatable bonds is 4. The van der Waals surface area contributed by atoms with Crippen LogP contribution in [0.15, 0.2) is 12.1 Å². The summed E-state index contributed by atoms with van der Waals surface area (Å²) in [5.41, 5.74) is 1.98. The first-order valence-electron chi connectivity index (χ1n) is 6.67. The van der Waals surface area contributed by atoms with E-state index < -0.39 is 4.92 Å². The Balaban J connectivity index is 2.15. The van der Waals surface area contributed by atoms with E-state index in [9.17, 15) is 14.9 Å². The van der Waals surface area contributed by atoms with E-state index in [0.717, 1.165) is 13.1 Å². The van der Waals surface area contributed by atoms with E-state index in [2.05, 4.69) is 10.6 Å². The molecule has 0 radical (unpaired) electrons. The SMILES string of the molecule is Cc1cc([N+](=O)[O-])c(C)cc1NC(=O)C(C)C1CNC1. The molecule has 1 aromatic carbocycles. The first-order chi connectivity index (χ1) is 9.40. The number of nitro groups is 1. The van der Waals surface area contributed by atoms with E-state index in [0.29, 0.717) is 22.7 Å². The van der Waals surface area contributed by atoms with Crippen LogP contribution in [0.5, 0.6) is 0 Å². The molecule has 6 heteroatoms. The molecule has 0 aliphatic carbocycles. The summed E-state index contributed by atoms with van der Waals surface area (Å²) in [6.07, 6.45) is 0. The Bertz CT molecular complexity index is 553. The summed E-state index contributed by atoms with van der Waals surface area (Å²) in [5, 5.41) is 16.9. The number of nitro benzene ring substituents is 1. The predicted octanol–water partition coefficient (Wildman–Crippen LogP) is 2.01. The molecule has 1 saturated heterocycles. The Morgan fingerprint density at radius 3 is 2.55 bits per heavy atom. The predicted molar refractivity (Wildman–Crippen MR) is 76.7 cm³/mol. The second kappa shape index (κ2) is 5.58. The summed E-state index contributed by atoms with van der Waals surface area (Å²) in [7, 11) is 0. The molecule has 2 N–H and O–H groups in total. The van der Waals surface area contributed by atoms with Gasteiger partial charge in [-0.15, -0.1) is 0 Å². The molecule has 1 aliphatic heterocycles. The number of carbonyl (C=O) groups is 1. The Labute approximate surface area is 117 Å². The van der Waals surface area contributed by atoms with Crippen molar-refractivity contribution < 1.29 is 9.72 Å². The van der Waals surface area contributed by atoms with Crippen LogP contribution in [0.25, 0.3) is 0 Å². The zero-order valence-electron chi connectivity index (χ0n) is 11.9. The molecule has 0 bridgehead atoms. The monoisotopic (exact) mass is 277 g/mol. The number of hydrogen-bond donors (Lipinski definition) is 2. The van der Waals surface area contributed by atoms with Crippen molar-refractivity contribution in [2.24, 2.45) is 11.8 Å². The molecule has 1 aliphatic rings. The number of amides is 1. The van der Waals surface area contributed by atoms with Gasteiger partial charge in [-0.3, -0.25) is 14.9 Å². The maximum Gasteiger partial charge on any atom is 0.272 e.